The third kappa shape index (κ3) is 3.57. The Morgan fingerprint density at radius 2 is 2.17 bits per heavy atom. The number of rotatable bonds is 4. The van der Waals surface area contributed by atoms with Crippen LogP contribution in [-0.2, 0) is 11.2 Å². The highest BCUT2D eigenvalue weighted by Gasteiger charge is 2.34. The van der Waals surface area contributed by atoms with Crippen LogP contribution in [0.15, 0.2) is 36.5 Å². The third-order valence-corrected chi connectivity index (χ3v) is 5.54. The molecule has 1 aliphatic heterocycles. The smallest absolute Gasteiger partial charge is 0.414 e. The maximum Gasteiger partial charge on any atom is 0.414 e. The summed E-state index contributed by atoms with van der Waals surface area (Å²) >= 11 is 0. The molecule has 0 N–H and O–H groups in total. The SMILES string of the molecule is CC(C)N(C(=O)c1cc(N2CCOC2=O)ccc1F)C1CCCc2cccnc21. The minimum absolute atomic E-state index is 0.0426. The molecule has 2 heterocycles. The fourth-order valence-electron chi connectivity index (χ4n) is 4.20. The van der Waals surface area contributed by atoms with E-state index in [-0.39, 0.29) is 24.3 Å². The van der Waals surface area contributed by atoms with Crippen LogP contribution in [0.25, 0.3) is 0 Å². The number of hydrogen-bond acceptors (Lipinski definition) is 4. The summed E-state index contributed by atoms with van der Waals surface area (Å²) in [5.74, 6) is -0.996. The molecular weight excluding hydrogens is 373 g/mol. The molecule has 1 aromatic carbocycles. The van der Waals surface area contributed by atoms with Gasteiger partial charge in [0.25, 0.3) is 5.91 Å². The van der Waals surface area contributed by atoms with Crippen LogP contribution in [0.3, 0.4) is 0 Å². The number of hydrogen-bond donors (Lipinski definition) is 0. The number of pyridine rings is 1. The first-order valence-corrected chi connectivity index (χ1v) is 9.97. The Morgan fingerprint density at radius 3 is 2.90 bits per heavy atom. The summed E-state index contributed by atoms with van der Waals surface area (Å²) in [6.45, 7) is 4.51. The first kappa shape index (κ1) is 19.4. The Hall–Kier alpha value is -2.96. The number of halogens is 1. The highest BCUT2D eigenvalue weighted by atomic mass is 19.1. The molecule has 2 amide bonds. The largest absolute Gasteiger partial charge is 0.447 e. The second kappa shape index (κ2) is 7.81. The van der Waals surface area contributed by atoms with Crippen molar-refractivity contribution in [1.82, 2.24) is 9.88 Å². The summed E-state index contributed by atoms with van der Waals surface area (Å²) in [4.78, 5) is 33.0. The average molecular weight is 397 g/mol. The van der Waals surface area contributed by atoms with Gasteiger partial charge in [0.1, 0.15) is 12.4 Å². The fraction of sp³-hybridized carbons (Fsp3) is 0.409. The summed E-state index contributed by atoms with van der Waals surface area (Å²) < 4.78 is 19.7. The standard InChI is InChI=1S/C22H24FN3O3/c1-14(2)26(19-7-3-5-15-6-4-10-24-20(15)19)21(27)17-13-16(8-9-18(17)23)25-11-12-29-22(25)28/h4,6,8-10,13-14,19H,3,5,7,11-12H2,1-2H3. The lowest BCUT2D eigenvalue weighted by molar-refractivity contribution is 0.0571. The van der Waals surface area contributed by atoms with Crippen LogP contribution in [0, 0.1) is 5.82 Å². The number of ether oxygens (including phenoxy) is 1. The van der Waals surface area contributed by atoms with E-state index in [1.54, 1.807) is 11.1 Å². The molecule has 2 aliphatic rings. The molecule has 1 aromatic heterocycles. The number of carbonyl (C=O) groups excluding carboxylic acids is 2. The van der Waals surface area contributed by atoms with Crippen LogP contribution < -0.4 is 4.90 Å². The van der Waals surface area contributed by atoms with Crippen molar-refractivity contribution in [2.24, 2.45) is 0 Å². The van der Waals surface area contributed by atoms with E-state index in [0.29, 0.717) is 12.2 Å². The van der Waals surface area contributed by atoms with Crippen LogP contribution in [0.5, 0.6) is 0 Å². The summed E-state index contributed by atoms with van der Waals surface area (Å²) in [6, 6.07) is 7.78. The zero-order chi connectivity index (χ0) is 20.5. The van der Waals surface area contributed by atoms with Crippen LogP contribution in [0.1, 0.15) is 54.3 Å². The maximum absolute atomic E-state index is 14.7. The molecule has 0 saturated carbocycles. The van der Waals surface area contributed by atoms with Crippen molar-refractivity contribution in [3.05, 3.63) is 59.2 Å². The van der Waals surface area contributed by atoms with Crippen molar-refractivity contribution in [1.29, 1.82) is 0 Å². The number of aromatic nitrogens is 1. The van der Waals surface area contributed by atoms with Crippen molar-refractivity contribution >= 4 is 17.7 Å². The van der Waals surface area contributed by atoms with E-state index in [1.165, 1.54) is 23.1 Å². The lowest BCUT2D eigenvalue weighted by Gasteiger charge is -2.38. The van der Waals surface area contributed by atoms with Gasteiger partial charge in [-0.05, 0) is 62.9 Å². The van der Waals surface area contributed by atoms with E-state index >= 15 is 0 Å². The monoisotopic (exact) mass is 397 g/mol. The Bertz CT molecular complexity index is 947. The number of cyclic esters (lactones) is 1. The predicted molar refractivity (Wildman–Crippen MR) is 106 cm³/mol. The molecule has 4 rings (SSSR count). The third-order valence-electron chi connectivity index (χ3n) is 5.54. The molecule has 6 nitrogen and oxygen atoms in total. The average Bonchev–Trinajstić information content (AvgIpc) is 3.14. The first-order chi connectivity index (χ1) is 14.0. The molecule has 2 aromatic rings. The number of fused-ring (bicyclic) bond motifs is 1. The number of benzene rings is 1. The quantitative estimate of drug-likeness (QED) is 0.779. The van der Waals surface area contributed by atoms with Crippen molar-refractivity contribution in [2.45, 2.75) is 45.2 Å². The van der Waals surface area contributed by atoms with Gasteiger partial charge in [0.05, 0.1) is 23.8 Å². The molecule has 1 aliphatic carbocycles. The number of anilines is 1. The lowest BCUT2D eigenvalue weighted by atomic mass is 9.89. The van der Waals surface area contributed by atoms with Crippen molar-refractivity contribution in [3.63, 3.8) is 0 Å². The number of nitrogens with zero attached hydrogens (tertiary/aromatic N) is 3. The van der Waals surface area contributed by atoms with E-state index in [9.17, 15) is 14.0 Å². The van der Waals surface area contributed by atoms with Gasteiger partial charge < -0.3 is 9.64 Å². The number of carbonyl (C=O) groups is 2. The Kier molecular flexibility index (Phi) is 5.22. The van der Waals surface area contributed by atoms with Crippen molar-refractivity contribution in [2.75, 3.05) is 18.1 Å². The lowest BCUT2D eigenvalue weighted by Crippen LogP contribution is -2.42. The zero-order valence-corrected chi connectivity index (χ0v) is 16.6. The van der Waals surface area contributed by atoms with Gasteiger partial charge in [0.15, 0.2) is 0 Å². The van der Waals surface area contributed by atoms with Gasteiger partial charge in [0, 0.05) is 17.9 Å². The second-order valence-corrected chi connectivity index (χ2v) is 7.69. The molecule has 1 fully saturated rings. The molecule has 152 valence electrons. The molecular formula is C22H24FN3O3. The molecule has 1 atom stereocenters. The topological polar surface area (TPSA) is 62.7 Å². The molecule has 1 saturated heterocycles. The van der Waals surface area contributed by atoms with Crippen LogP contribution in [-0.4, -0.2) is 41.1 Å². The van der Waals surface area contributed by atoms with Crippen molar-refractivity contribution in [3.8, 4) is 0 Å². The van der Waals surface area contributed by atoms with Gasteiger partial charge in [-0.15, -0.1) is 0 Å². The highest BCUT2D eigenvalue weighted by Crippen LogP contribution is 2.35. The molecule has 29 heavy (non-hydrogen) atoms. The Morgan fingerprint density at radius 1 is 1.34 bits per heavy atom. The van der Waals surface area contributed by atoms with Gasteiger partial charge in [-0.2, -0.15) is 0 Å². The van der Waals surface area contributed by atoms with Crippen LogP contribution >= 0.6 is 0 Å². The Labute approximate surface area is 169 Å². The van der Waals surface area contributed by atoms with Gasteiger partial charge in [-0.25, -0.2) is 9.18 Å². The second-order valence-electron chi connectivity index (χ2n) is 7.69. The predicted octanol–water partition coefficient (Wildman–Crippen LogP) is 4.11. The van der Waals surface area contributed by atoms with E-state index in [0.717, 1.165) is 30.5 Å². The van der Waals surface area contributed by atoms with E-state index in [1.807, 2.05) is 26.0 Å². The molecule has 7 heteroatoms. The fourth-order valence-corrected chi connectivity index (χ4v) is 4.20. The van der Waals surface area contributed by atoms with Crippen LogP contribution in [0.2, 0.25) is 0 Å². The Balaban J connectivity index is 1.71. The maximum atomic E-state index is 14.7. The van der Waals surface area contributed by atoms with Gasteiger partial charge in [-0.3, -0.25) is 14.7 Å². The summed E-state index contributed by atoms with van der Waals surface area (Å²) in [7, 11) is 0. The van der Waals surface area contributed by atoms with Gasteiger partial charge >= 0.3 is 6.09 Å². The van der Waals surface area contributed by atoms with E-state index in [2.05, 4.69) is 4.98 Å². The van der Waals surface area contributed by atoms with Gasteiger partial charge in [-0.1, -0.05) is 6.07 Å². The molecule has 0 radical (unpaired) electrons. The zero-order valence-electron chi connectivity index (χ0n) is 16.6. The molecule has 0 bridgehead atoms. The van der Waals surface area contributed by atoms with Crippen molar-refractivity contribution < 1.29 is 18.7 Å². The molecule has 1 unspecified atom stereocenters. The summed E-state index contributed by atoms with van der Waals surface area (Å²) in [5.41, 5.74) is 2.44. The minimum atomic E-state index is -0.603. The minimum Gasteiger partial charge on any atom is -0.447 e. The number of aryl methyl sites for hydroxylation is 1. The summed E-state index contributed by atoms with van der Waals surface area (Å²) in [6.07, 6.45) is 3.91. The van der Waals surface area contributed by atoms with Crippen LogP contribution in [0.4, 0.5) is 14.9 Å². The number of amides is 2. The normalized spacial score (nSPS) is 18.6. The van der Waals surface area contributed by atoms with E-state index in [4.69, 9.17) is 4.74 Å². The summed E-state index contributed by atoms with van der Waals surface area (Å²) in [5, 5.41) is 0. The van der Waals surface area contributed by atoms with Gasteiger partial charge in [0.2, 0.25) is 0 Å². The first-order valence-electron chi connectivity index (χ1n) is 9.97. The van der Waals surface area contributed by atoms with E-state index < -0.39 is 17.8 Å². The highest BCUT2D eigenvalue weighted by molar-refractivity contribution is 5.97. The molecule has 0 spiro atoms.